The second kappa shape index (κ2) is 9.19. The summed E-state index contributed by atoms with van der Waals surface area (Å²) in [5.41, 5.74) is 2.89. The summed E-state index contributed by atoms with van der Waals surface area (Å²) < 4.78 is 2.39. The van der Waals surface area contributed by atoms with Crippen LogP contribution in [-0.4, -0.2) is 30.6 Å². The summed E-state index contributed by atoms with van der Waals surface area (Å²) in [5.74, 6) is 2.44. The number of rotatable bonds is 5. The van der Waals surface area contributed by atoms with Crippen molar-refractivity contribution >= 4 is 27.9 Å². The number of aromatic amines is 1. The molecule has 3 aromatic heterocycles. The Morgan fingerprint density at radius 1 is 1.22 bits per heavy atom. The molecule has 0 atom stereocenters. The Morgan fingerprint density at radius 3 is 2.78 bits per heavy atom. The van der Waals surface area contributed by atoms with Crippen molar-refractivity contribution < 1.29 is 5.21 Å². The zero-order chi connectivity index (χ0) is 21.9. The van der Waals surface area contributed by atoms with Gasteiger partial charge >= 0.3 is 0 Å². The highest BCUT2D eigenvalue weighted by molar-refractivity contribution is 6.01. The Morgan fingerprint density at radius 2 is 2.03 bits per heavy atom. The molecule has 32 heavy (non-hydrogen) atoms. The highest BCUT2D eigenvalue weighted by atomic mass is 16.4. The van der Waals surface area contributed by atoms with Crippen molar-refractivity contribution in [2.24, 2.45) is 17.0 Å². The highest BCUT2D eigenvalue weighted by Crippen LogP contribution is 2.38. The van der Waals surface area contributed by atoms with Gasteiger partial charge in [-0.3, -0.25) is 0 Å². The van der Waals surface area contributed by atoms with Crippen LogP contribution in [0.15, 0.2) is 23.6 Å². The topological polar surface area (TPSA) is 115 Å². The van der Waals surface area contributed by atoms with Crippen molar-refractivity contribution in [2.45, 2.75) is 76.8 Å². The summed E-state index contributed by atoms with van der Waals surface area (Å²) in [4.78, 5) is 12.7. The maximum Gasteiger partial charge on any atom is 0.145 e. The predicted molar refractivity (Wildman–Crippen MR) is 123 cm³/mol. The second-order valence-corrected chi connectivity index (χ2v) is 9.34. The van der Waals surface area contributed by atoms with Crippen LogP contribution in [0.5, 0.6) is 0 Å². The number of nitrogens with zero attached hydrogens (tertiary/aromatic N) is 5. The maximum atomic E-state index is 9.67. The van der Waals surface area contributed by atoms with Crippen molar-refractivity contribution in [3.05, 3.63) is 24.3 Å². The molecule has 2 aliphatic carbocycles. The molecule has 0 spiro atoms. The summed E-state index contributed by atoms with van der Waals surface area (Å²) in [7, 11) is 0. The van der Waals surface area contributed by atoms with Crippen LogP contribution in [0.1, 0.15) is 76.1 Å². The average molecular weight is 434 g/mol. The molecule has 0 aromatic carbocycles. The molecular weight excluding hydrogens is 402 g/mol. The SMILES string of the molecule is N#CCC1CCC(n2c(CNC(=NO)C3CCCCC3)nc3cnc4[nH]ccc4c32)CC1. The minimum Gasteiger partial charge on any atom is -0.409 e. The molecule has 3 heterocycles. The van der Waals surface area contributed by atoms with E-state index in [-0.39, 0.29) is 0 Å². The number of hydrogen-bond donors (Lipinski definition) is 3. The van der Waals surface area contributed by atoms with Gasteiger partial charge in [-0.15, -0.1) is 0 Å². The normalized spacial score (nSPS) is 22.9. The molecule has 8 nitrogen and oxygen atoms in total. The number of H-pyrrole nitrogens is 1. The average Bonchev–Trinajstić information content (AvgIpc) is 3.45. The first-order chi connectivity index (χ1) is 15.8. The minimum atomic E-state index is 0.297. The highest BCUT2D eigenvalue weighted by Gasteiger charge is 2.27. The molecule has 2 fully saturated rings. The largest absolute Gasteiger partial charge is 0.409 e. The number of hydrogen-bond acceptors (Lipinski definition) is 5. The fourth-order valence-corrected chi connectivity index (χ4v) is 5.70. The van der Waals surface area contributed by atoms with Gasteiger partial charge in [0.25, 0.3) is 0 Å². The van der Waals surface area contributed by atoms with Crippen LogP contribution >= 0.6 is 0 Å². The van der Waals surface area contributed by atoms with E-state index in [9.17, 15) is 5.21 Å². The Balaban J connectivity index is 1.46. The molecule has 8 heteroatoms. The Kier molecular flexibility index (Phi) is 5.97. The van der Waals surface area contributed by atoms with Crippen LogP contribution in [0.3, 0.4) is 0 Å². The molecule has 2 saturated carbocycles. The number of pyridine rings is 1. The van der Waals surface area contributed by atoms with E-state index < -0.39 is 0 Å². The molecule has 2 aliphatic rings. The lowest BCUT2D eigenvalue weighted by Gasteiger charge is -2.30. The maximum absolute atomic E-state index is 9.67. The quantitative estimate of drug-likeness (QED) is 0.226. The molecule has 0 saturated heterocycles. The first-order valence-electron chi connectivity index (χ1n) is 11.9. The predicted octanol–water partition coefficient (Wildman–Crippen LogP) is 5.02. The molecule has 5 rings (SSSR count). The van der Waals surface area contributed by atoms with Crippen LogP contribution in [0, 0.1) is 23.2 Å². The third-order valence-corrected chi connectivity index (χ3v) is 7.40. The molecule has 0 amide bonds. The molecule has 0 unspecified atom stereocenters. The number of imidazole rings is 1. The van der Waals surface area contributed by atoms with E-state index in [0.717, 1.165) is 66.4 Å². The third-order valence-electron chi connectivity index (χ3n) is 7.40. The van der Waals surface area contributed by atoms with Crippen LogP contribution in [0.4, 0.5) is 0 Å². The van der Waals surface area contributed by atoms with Gasteiger partial charge in [-0.1, -0.05) is 24.4 Å². The smallest absolute Gasteiger partial charge is 0.145 e. The lowest BCUT2D eigenvalue weighted by atomic mass is 9.84. The monoisotopic (exact) mass is 433 g/mol. The van der Waals surface area contributed by atoms with Crippen molar-refractivity contribution in [3.8, 4) is 6.07 Å². The van der Waals surface area contributed by atoms with Gasteiger partial charge in [0.05, 0.1) is 24.3 Å². The second-order valence-electron chi connectivity index (χ2n) is 9.34. The minimum absolute atomic E-state index is 0.297. The summed E-state index contributed by atoms with van der Waals surface area (Å²) in [5, 5.41) is 26.9. The van der Waals surface area contributed by atoms with Gasteiger partial charge in [-0.05, 0) is 50.5 Å². The lowest BCUT2D eigenvalue weighted by Crippen LogP contribution is -2.33. The number of fused-ring (bicyclic) bond motifs is 3. The van der Waals surface area contributed by atoms with E-state index in [2.05, 4.69) is 37.1 Å². The molecular formula is C24H31N7O. The molecule has 0 bridgehead atoms. The molecule has 0 aliphatic heterocycles. The Labute approximate surface area is 187 Å². The van der Waals surface area contributed by atoms with E-state index in [1.807, 2.05) is 12.4 Å². The zero-order valence-corrected chi connectivity index (χ0v) is 18.4. The zero-order valence-electron chi connectivity index (χ0n) is 18.4. The van der Waals surface area contributed by atoms with Crippen LogP contribution in [0.2, 0.25) is 0 Å². The number of nitrogens with one attached hydrogen (secondary N) is 2. The van der Waals surface area contributed by atoms with E-state index in [0.29, 0.717) is 36.7 Å². The van der Waals surface area contributed by atoms with Gasteiger partial charge in [0, 0.05) is 30.0 Å². The van der Waals surface area contributed by atoms with E-state index in [1.165, 1.54) is 19.3 Å². The summed E-state index contributed by atoms with van der Waals surface area (Å²) in [6.07, 6.45) is 14.4. The number of amidine groups is 1. The number of nitriles is 1. The Hall–Kier alpha value is -3.08. The first kappa shape index (κ1) is 20.8. The molecule has 168 valence electrons. The van der Waals surface area contributed by atoms with Crippen molar-refractivity contribution in [3.63, 3.8) is 0 Å². The summed E-state index contributed by atoms with van der Waals surface area (Å²) in [6.45, 7) is 0.522. The summed E-state index contributed by atoms with van der Waals surface area (Å²) in [6, 6.07) is 4.76. The van der Waals surface area contributed by atoms with Gasteiger partial charge in [0.15, 0.2) is 0 Å². The van der Waals surface area contributed by atoms with Crippen molar-refractivity contribution in [1.82, 2.24) is 24.8 Å². The lowest BCUT2D eigenvalue weighted by molar-refractivity contribution is 0.277. The Bertz CT molecular complexity index is 1140. The van der Waals surface area contributed by atoms with Crippen LogP contribution in [0.25, 0.3) is 22.1 Å². The van der Waals surface area contributed by atoms with Gasteiger partial charge in [0.2, 0.25) is 0 Å². The van der Waals surface area contributed by atoms with Gasteiger partial charge < -0.3 is 20.1 Å². The van der Waals surface area contributed by atoms with Crippen molar-refractivity contribution in [1.29, 1.82) is 5.26 Å². The van der Waals surface area contributed by atoms with Crippen molar-refractivity contribution in [2.75, 3.05) is 0 Å². The summed E-state index contributed by atoms with van der Waals surface area (Å²) >= 11 is 0. The number of aromatic nitrogens is 4. The first-order valence-corrected chi connectivity index (χ1v) is 11.9. The van der Waals surface area contributed by atoms with Crippen LogP contribution < -0.4 is 5.32 Å². The molecule has 0 radical (unpaired) electrons. The molecule has 3 aromatic rings. The number of oxime groups is 1. The fraction of sp³-hybridized carbons (Fsp3) is 0.583. The standard InChI is InChI=1S/C24H31N7O/c25-12-10-16-6-8-18(9-7-16)31-21(15-28-23(30-32)17-4-2-1-3-5-17)29-20-14-27-24-19(22(20)31)11-13-26-24/h11,13-14,16-18,32H,1-10,15H2,(H,26,27)(H,28,30). The van der Waals surface area contributed by atoms with E-state index in [1.54, 1.807) is 0 Å². The van der Waals surface area contributed by atoms with E-state index >= 15 is 0 Å². The van der Waals surface area contributed by atoms with Crippen LogP contribution in [-0.2, 0) is 6.54 Å². The van der Waals surface area contributed by atoms with Gasteiger partial charge in [-0.2, -0.15) is 5.26 Å². The third kappa shape index (κ3) is 3.92. The van der Waals surface area contributed by atoms with Gasteiger partial charge in [0.1, 0.15) is 22.8 Å². The van der Waals surface area contributed by atoms with E-state index in [4.69, 9.17) is 10.2 Å². The molecule has 3 N–H and O–H groups in total. The van der Waals surface area contributed by atoms with Gasteiger partial charge in [-0.25, -0.2) is 9.97 Å². The fourth-order valence-electron chi connectivity index (χ4n) is 5.70.